The summed E-state index contributed by atoms with van der Waals surface area (Å²) in [4.78, 5) is 0. The van der Waals surface area contributed by atoms with Crippen molar-refractivity contribution in [3.8, 4) is 5.75 Å². The van der Waals surface area contributed by atoms with Crippen LogP contribution in [0.15, 0.2) is 24.3 Å². The Balaban J connectivity index is 2.69. The number of rotatable bonds is 4. The van der Waals surface area contributed by atoms with E-state index in [2.05, 4.69) is 33.0 Å². The van der Waals surface area contributed by atoms with Crippen LogP contribution in [0.3, 0.4) is 0 Å². The number of hydrogen-bond donors (Lipinski definition) is 2. The molecule has 0 saturated heterocycles. The molecule has 2 N–H and O–H groups in total. The van der Waals surface area contributed by atoms with E-state index in [4.69, 9.17) is 0 Å². The molecule has 0 saturated carbocycles. The zero-order valence-corrected chi connectivity index (χ0v) is 9.99. The van der Waals surface area contributed by atoms with Crippen LogP contribution in [0.25, 0.3) is 0 Å². The van der Waals surface area contributed by atoms with Gasteiger partial charge in [-0.05, 0) is 25.8 Å². The highest BCUT2D eigenvalue weighted by atomic mass is 16.3. The fraction of sp³-hybridized carbons (Fsp3) is 0.538. The van der Waals surface area contributed by atoms with Crippen LogP contribution in [0.1, 0.15) is 39.3 Å². The highest BCUT2D eigenvalue weighted by Crippen LogP contribution is 2.23. The molecule has 0 radical (unpaired) electrons. The summed E-state index contributed by atoms with van der Waals surface area (Å²) in [6, 6.07) is 8.11. The summed E-state index contributed by atoms with van der Waals surface area (Å²) in [5, 5.41) is 13.2. The number of para-hydroxylation sites is 1. The Hall–Kier alpha value is -1.02. The van der Waals surface area contributed by atoms with E-state index < -0.39 is 0 Å². The third kappa shape index (κ3) is 3.24. The third-order valence-corrected chi connectivity index (χ3v) is 2.92. The number of phenols is 1. The zero-order valence-electron chi connectivity index (χ0n) is 9.99. The average molecular weight is 207 g/mol. The van der Waals surface area contributed by atoms with Crippen molar-refractivity contribution in [3.05, 3.63) is 29.8 Å². The minimum Gasteiger partial charge on any atom is -0.508 e. The molecule has 0 heterocycles. The molecule has 0 unspecified atom stereocenters. The van der Waals surface area contributed by atoms with Crippen LogP contribution in [0.4, 0.5) is 0 Å². The molecule has 0 aliphatic rings. The molecule has 0 aliphatic heterocycles. The lowest BCUT2D eigenvalue weighted by molar-refractivity contribution is 0.379. The molecule has 0 amide bonds. The quantitative estimate of drug-likeness (QED) is 0.795. The maximum absolute atomic E-state index is 9.69. The first-order chi connectivity index (χ1) is 7.02. The summed E-state index contributed by atoms with van der Waals surface area (Å²) in [6.07, 6.45) is 0. The van der Waals surface area contributed by atoms with Gasteiger partial charge in [0.05, 0.1) is 0 Å². The lowest BCUT2D eigenvalue weighted by atomic mass is 10.0. The van der Waals surface area contributed by atoms with Gasteiger partial charge in [-0.15, -0.1) is 0 Å². The van der Waals surface area contributed by atoms with Gasteiger partial charge in [-0.3, -0.25) is 0 Å². The van der Waals surface area contributed by atoms with E-state index in [0.29, 0.717) is 17.7 Å². The summed E-state index contributed by atoms with van der Waals surface area (Å²) in [6.45, 7) is 8.62. The Morgan fingerprint density at radius 1 is 1.07 bits per heavy atom. The number of benzene rings is 1. The molecule has 2 atom stereocenters. The molecule has 1 aromatic rings. The van der Waals surface area contributed by atoms with Crippen molar-refractivity contribution in [1.82, 2.24) is 5.32 Å². The van der Waals surface area contributed by atoms with E-state index in [1.807, 2.05) is 18.2 Å². The van der Waals surface area contributed by atoms with Crippen molar-refractivity contribution in [1.29, 1.82) is 0 Å². The van der Waals surface area contributed by atoms with E-state index in [9.17, 15) is 5.11 Å². The maximum Gasteiger partial charge on any atom is 0.120 e. The molecule has 0 spiro atoms. The van der Waals surface area contributed by atoms with Crippen LogP contribution >= 0.6 is 0 Å². The highest BCUT2D eigenvalue weighted by molar-refractivity contribution is 5.34. The molecule has 0 aromatic heterocycles. The monoisotopic (exact) mass is 207 g/mol. The molecule has 2 heteroatoms. The first kappa shape index (κ1) is 12.1. The summed E-state index contributed by atoms with van der Waals surface area (Å²) in [5.41, 5.74) is 0.963. The van der Waals surface area contributed by atoms with Gasteiger partial charge in [0, 0.05) is 17.6 Å². The summed E-state index contributed by atoms with van der Waals surface area (Å²) in [7, 11) is 0. The SMILES string of the molecule is CC(C)[C@@H](C)N[C@H](C)c1ccccc1O. The van der Waals surface area contributed by atoms with E-state index >= 15 is 0 Å². The minimum atomic E-state index is 0.184. The van der Waals surface area contributed by atoms with Crippen LogP contribution in [0, 0.1) is 5.92 Å². The number of phenolic OH excluding ortho intramolecular Hbond substituents is 1. The Morgan fingerprint density at radius 2 is 1.67 bits per heavy atom. The molecular weight excluding hydrogens is 186 g/mol. The second kappa shape index (κ2) is 5.17. The van der Waals surface area contributed by atoms with Crippen LogP contribution in [-0.4, -0.2) is 11.1 Å². The van der Waals surface area contributed by atoms with Crippen LogP contribution in [-0.2, 0) is 0 Å². The van der Waals surface area contributed by atoms with Crippen molar-refractivity contribution in [2.45, 2.75) is 39.8 Å². The van der Waals surface area contributed by atoms with Crippen molar-refractivity contribution >= 4 is 0 Å². The Kier molecular flexibility index (Phi) is 4.15. The van der Waals surface area contributed by atoms with Crippen LogP contribution < -0.4 is 5.32 Å². The van der Waals surface area contributed by atoms with Gasteiger partial charge in [0.15, 0.2) is 0 Å². The number of nitrogens with one attached hydrogen (secondary N) is 1. The second-order valence-electron chi connectivity index (χ2n) is 4.48. The van der Waals surface area contributed by atoms with Crippen LogP contribution in [0.2, 0.25) is 0 Å². The fourth-order valence-electron chi connectivity index (χ4n) is 1.53. The van der Waals surface area contributed by atoms with E-state index in [0.717, 1.165) is 5.56 Å². The van der Waals surface area contributed by atoms with E-state index in [1.54, 1.807) is 6.07 Å². The highest BCUT2D eigenvalue weighted by Gasteiger charge is 2.14. The molecule has 0 aliphatic carbocycles. The third-order valence-electron chi connectivity index (χ3n) is 2.92. The topological polar surface area (TPSA) is 32.3 Å². The Labute approximate surface area is 92.3 Å². The second-order valence-corrected chi connectivity index (χ2v) is 4.48. The predicted octanol–water partition coefficient (Wildman–Crippen LogP) is 3.09. The van der Waals surface area contributed by atoms with Crippen molar-refractivity contribution in [2.24, 2.45) is 5.92 Å². The van der Waals surface area contributed by atoms with Gasteiger partial charge in [-0.2, -0.15) is 0 Å². The summed E-state index contributed by atoms with van der Waals surface area (Å²) < 4.78 is 0. The van der Waals surface area contributed by atoms with Gasteiger partial charge in [0.2, 0.25) is 0 Å². The molecule has 0 fully saturated rings. The molecule has 1 rings (SSSR count). The summed E-state index contributed by atoms with van der Waals surface area (Å²) in [5.74, 6) is 0.965. The van der Waals surface area contributed by atoms with Gasteiger partial charge in [-0.1, -0.05) is 32.0 Å². The molecule has 15 heavy (non-hydrogen) atoms. The first-order valence-electron chi connectivity index (χ1n) is 5.56. The largest absolute Gasteiger partial charge is 0.508 e. The number of hydrogen-bond acceptors (Lipinski definition) is 2. The maximum atomic E-state index is 9.69. The van der Waals surface area contributed by atoms with Gasteiger partial charge < -0.3 is 10.4 Å². The Morgan fingerprint density at radius 3 is 2.20 bits per heavy atom. The molecule has 84 valence electrons. The molecule has 0 bridgehead atoms. The standard InChI is InChI=1S/C13H21NO/c1-9(2)10(3)14-11(4)12-7-5-6-8-13(12)15/h5-11,14-15H,1-4H3/t10-,11-/m1/s1. The average Bonchev–Trinajstić information content (AvgIpc) is 2.18. The lowest BCUT2D eigenvalue weighted by Gasteiger charge is -2.23. The van der Waals surface area contributed by atoms with Gasteiger partial charge in [0.25, 0.3) is 0 Å². The van der Waals surface area contributed by atoms with E-state index in [-0.39, 0.29) is 6.04 Å². The number of aromatic hydroxyl groups is 1. The van der Waals surface area contributed by atoms with Crippen molar-refractivity contribution in [3.63, 3.8) is 0 Å². The van der Waals surface area contributed by atoms with Crippen molar-refractivity contribution in [2.75, 3.05) is 0 Å². The minimum absolute atomic E-state index is 0.184. The first-order valence-corrected chi connectivity index (χ1v) is 5.56. The predicted molar refractivity (Wildman–Crippen MR) is 64.0 cm³/mol. The summed E-state index contributed by atoms with van der Waals surface area (Å²) >= 11 is 0. The smallest absolute Gasteiger partial charge is 0.120 e. The zero-order chi connectivity index (χ0) is 11.4. The Bertz CT molecular complexity index is 309. The molecule has 1 aromatic carbocycles. The fourth-order valence-corrected chi connectivity index (χ4v) is 1.53. The normalized spacial score (nSPS) is 15.3. The lowest BCUT2D eigenvalue weighted by Crippen LogP contribution is -2.32. The van der Waals surface area contributed by atoms with Crippen LogP contribution in [0.5, 0.6) is 5.75 Å². The van der Waals surface area contributed by atoms with Gasteiger partial charge in [-0.25, -0.2) is 0 Å². The molecule has 2 nitrogen and oxygen atoms in total. The van der Waals surface area contributed by atoms with Crippen molar-refractivity contribution < 1.29 is 5.11 Å². The molecular formula is C13H21NO. The van der Waals surface area contributed by atoms with Gasteiger partial charge >= 0.3 is 0 Å². The van der Waals surface area contributed by atoms with E-state index in [1.165, 1.54) is 0 Å². The van der Waals surface area contributed by atoms with Gasteiger partial charge in [0.1, 0.15) is 5.75 Å².